The summed E-state index contributed by atoms with van der Waals surface area (Å²) in [6.07, 6.45) is 1.64. The Morgan fingerprint density at radius 2 is 1.94 bits per heavy atom. The van der Waals surface area contributed by atoms with Crippen LogP contribution in [0.4, 0.5) is 0 Å². The van der Waals surface area contributed by atoms with Crippen molar-refractivity contribution >= 4 is 20.7 Å². The van der Waals surface area contributed by atoms with Crippen LogP contribution in [0.2, 0.25) is 0 Å². The van der Waals surface area contributed by atoms with Crippen LogP contribution in [0.3, 0.4) is 0 Å². The SMILES string of the molecule is CS(=O)(=O)CCc1cc2ccccc2nn1. The van der Waals surface area contributed by atoms with Gasteiger partial charge < -0.3 is 0 Å². The summed E-state index contributed by atoms with van der Waals surface area (Å²) >= 11 is 0. The van der Waals surface area contributed by atoms with Crippen molar-refractivity contribution in [1.82, 2.24) is 10.2 Å². The van der Waals surface area contributed by atoms with Gasteiger partial charge in [0.1, 0.15) is 9.84 Å². The molecule has 4 nitrogen and oxygen atoms in total. The van der Waals surface area contributed by atoms with Crippen LogP contribution in [0.1, 0.15) is 5.69 Å². The van der Waals surface area contributed by atoms with E-state index in [-0.39, 0.29) is 5.75 Å². The molecular formula is C11H12N2O2S. The average Bonchev–Trinajstić information content (AvgIpc) is 2.25. The predicted molar refractivity (Wildman–Crippen MR) is 63.0 cm³/mol. The molecule has 1 aromatic carbocycles. The Balaban J connectivity index is 2.26. The lowest BCUT2D eigenvalue weighted by Gasteiger charge is -2.00. The third kappa shape index (κ3) is 2.76. The van der Waals surface area contributed by atoms with Gasteiger partial charge in [-0.25, -0.2) is 8.42 Å². The number of benzene rings is 1. The Kier molecular flexibility index (Phi) is 2.87. The molecule has 0 saturated heterocycles. The molecule has 2 aromatic rings. The third-order valence-corrected chi connectivity index (χ3v) is 3.22. The van der Waals surface area contributed by atoms with Gasteiger partial charge in [-0.05, 0) is 12.1 Å². The van der Waals surface area contributed by atoms with E-state index in [0.717, 1.165) is 10.9 Å². The van der Waals surface area contributed by atoms with Gasteiger partial charge >= 0.3 is 0 Å². The topological polar surface area (TPSA) is 59.9 Å². The lowest BCUT2D eigenvalue weighted by atomic mass is 10.2. The Morgan fingerprint density at radius 1 is 1.19 bits per heavy atom. The Bertz CT molecular complexity index is 608. The van der Waals surface area contributed by atoms with Crippen LogP contribution in [0.25, 0.3) is 10.9 Å². The van der Waals surface area contributed by atoms with E-state index >= 15 is 0 Å². The fourth-order valence-corrected chi connectivity index (χ4v) is 2.02. The van der Waals surface area contributed by atoms with Crippen molar-refractivity contribution in [2.24, 2.45) is 0 Å². The van der Waals surface area contributed by atoms with E-state index < -0.39 is 9.84 Å². The van der Waals surface area contributed by atoms with E-state index in [1.165, 1.54) is 6.26 Å². The summed E-state index contributed by atoms with van der Waals surface area (Å²) in [5.74, 6) is 0.111. The van der Waals surface area contributed by atoms with Gasteiger partial charge in [0.05, 0.1) is 17.0 Å². The van der Waals surface area contributed by atoms with Crippen molar-refractivity contribution in [1.29, 1.82) is 0 Å². The van der Waals surface area contributed by atoms with Crippen LogP contribution >= 0.6 is 0 Å². The minimum absolute atomic E-state index is 0.111. The first-order valence-corrected chi connectivity index (χ1v) is 7.00. The van der Waals surface area contributed by atoms with E-state index in [2.05, 4.69) is 10.2 Å². The molecule has 0 unspecified atom stereocenters. The number of fused-ring (bicyclic) bond motifs is 1. The summed E-state index contributed by atoms with van der Waals surface area (Å²) in [5, 5.41) is 9.02. The highest BCUT2D eigenvalue weighted by molar-refractivity contribution is 7.90. The van der Waals surface area contributed by atoms with Crippen LogP contribution in [-0.4, -0.2) is 30.6 Å². The first-order chi connectivity index (χ1) is 7.54. The van der Waals surface area contributed by atoms with Gasteiger partial charge in [0.15, 0.2) is 0 Å². The van der Waals surface area contributed by atoms with E-state index in [9.17, 15) is 8.42 Å². The average molecular weight is 236 g/mol. The summed E-state index contributed by atoms with van der Waals surface area (Å²) in [5.41, 5.74) is 1.54. The van der Waals surface area contributed by atoms with Crippen LogP contribution < -0.4 is 0 Å². The summed E-state index contributed by atoms with van der Waals surface area (Å²) in [6.45, 7) is 0. The highest BCUT2D eigenvalue weighted by Gasteiger charge is 2.05. The van der Waals surface area contributed by atoms with Gasteiger partial charge in [-0.15, -0.1) is 0 Å². The van der Waals surface area contributed by atoms with Gasteiger partial charge in [0, 0.05) is 18.1 Å². The molecule has 1 heterocycles. The smallest absolute Gasteiger partial charge is 0.147 e. The van der Waals surface area contributed by atoms with Gasteiger partial charge in [-0.2, -0.15) is 10.2 Å². The van der Waals surface area contributed by atoms with Gasteiger partial charge in [0.2, 0.25) is 0 Å². The minimum Gasteiger partial charge on any atom is -0.229 e. The molecule has 1 aromatic heterocycles. The number of hydrogen-bond acceptors (Lipinski definition) is 4. The molecule has 0 amide bonds. The number of hydrogen-bond donors (Lipinski definition) is 0. The molecule has 0 N–H and O–H groups in total. The van der Waals surface area contributed by atoms with Gasteiger partial charge in [-0.1, -0.05) is 18.2 Å². The molecule has 84 valence electrons. The second-order valence-corrected chi connectivity index (χ2v) is 6.03. The predicted octanol–water partition coefficient (Wildman–Crippen LogP) is 1.22. The quantitative estimate of drug-likeness (QED) is 0.804. The number of rotatable bonds is 3. The second-order valence-electron chi connectivity index (χ2n) is 3.77. The Labute approximate surface area is 94.2 Å². The normalized spacial score (nSPS) is 11.8. The first kappa shape index (κ1) is 11.0. The zero-order valence-corrected chi connectivity index (χ0v) is 9.74. The van der Waals surface area contributed by atoms with E-state index in [0.29, 0.717) is 12.1 Å². The third-order valence-electron chi connectivity index (χ3n) is 2.27. The van der Waals surface area contributed by atoms with Crippen LogP contribution in [0, 0.1) is 0 Å². The molecule has 0 aliphatic heterocycles. The standard InChI is InChI=1S/C11H12N2O2S/c1-16(14,15)7-6-10-8-9-4-2-3-5-11(9)13-12-10/h2-5,8H,6-7H2,1H3. The highest BCUT2D eigenvalue weighted by Crippen LogP contribution is 2.11. The molecule has 0 saturated carbocycles. The van der Waals surface area contributed by atoms with Crippen molar-refractivity contribution in [2.45, 2.75) is 6.42 Å². The van der Waals surface area contributed by atoms with E-state index in [1.807, 2.05) is 30.3 Å². The van der Waals surface area contributed by atoms with E-state index in [1.54, 1.807) is 0 Å². The molecule has 0 atom stereocenters. The van der Waals surface area contributed by atoms with Crippen LogP contribution in [0.15, 0.2) is 30.3 Å². The summed E-state index contributed by atoms with van der Waals surface area (Å²) in [7, 11) is -2.94. The van der Waals surface area contributed by atoms with Crippen molar-refractivity contribution < 1.29 is 8.42 Å². The zero-order chi connectivity index (χ0) is 11.6. The van der Waals surface area contributed by atoms with Gasteiger partial charge in [0.25, 0.3) is 0 Å². The summed E-state index contributed by atoms with van der Waals surface area (Å²) < 4.78 is 22.0. The molecule has 0 spiro atoms. The molecule has 5 heteroatoms. The molecule has 0 aliphatic carbocycles. The summed E-state index contributed by atoms with van der Waals surface area (Å²) in [6, 6.07) is 9.52. The molecule has 0 aliphatic rings. The Morgan fingerprint density at radius 3 is 2.69 bits per heavy atom. The molecule has 2 rings (SSSR count). The van der Waals surface area contributed by atoms with Crippen molar-refractivity contribution in [3.05, 3.63) is 36.0 Å². The van der Waals surface area contributed by atoms with Gasteiger partial charge in [-0.3, -0.25) is 0 Å². The maximum absolute atomic E-state index is 11.0. The highest BCUT2D eigenvalue weighted by atomic mass is 32.2. The largest absolute Gasteiger partial charge is 0.229 e. The van der Waals surface area contributed by atoms with E-state index in [4.69, 9.17) is 0 Å². The lowest BCUT2D eigenvalue weighted by molar-refractivity contribution is 0.600. The summed E-state index contributed by atoms with van der Waals surface area (Å²) in [4.78, 5) is 0. The Hall–Kier alpha value is -1.49. The monoisotopic (exact) mass is 236 g/mol. The number of aromatic nitrogens is 2. The van der Waals surface area contributed by atoms with Crippen LogP contribution in [-0.2, 0) is 16.3 Å². The van der Waals surface area contributed by atoms with Crippen molar-refractivity contribution in [3.63, 3.8) is 0 Å². The first-order valence-electron chi connectivity index (χ1n) is 4.94. The second kappa shape index (κ2) is 4.17. The number of nitrogens with zero attached hydrogens (tertiary/aromatic N) is 2. The molecule has 0 bridgehead atoms. The molecular weight excluding hydrogens is 224 g/mol. The number of aryl methyl sites for hydroxylation is 1. The minimum atomic E-state index is -2.94. The van der Waals surface area contributed by atoms with Crippen molar-refractivity contribution in [2.75, 3.05) is 12.0 Å². The maximum Gasteiger partial charge on any atom is 0.147 e. The molecule has 0 fully saturated rings. The fraction of sp³-hybridized carbons (Fsp3) is 0.273. The zero-order valence-electron chi connectivity index (χ0n) is 8.92. The number of sulfone groups is 1. The van der Waals surface area contributed by atoms with Crippen LogP contribution in [0.5, 0.6) is 0 Å². The molecule has 16 heavy (non-hydrogen) atoms. The van der Waals surface area contributed by atoms with Crippen molar-refractivity contribution in [3.8, 4) is 0 Å². The lowest BCUT2D eigenvalue weighted by Crippen LogP contribution is -2.07. The maximum atomic E-state index is 11.0. The fourth-order valence-electron chi connectivity index (χ4n) is 1.44. The molecule has 0 radical (unpaired) electrons.